The Morgan fingerprint density at radius 2 is 1.30 bits per heavy atom. The van der Waals surface area contributed by atoms with E-state index >= 15 is 0 Å². The molecule has 0 saturated heterocycles. The Morgan fingerprint density at radius 3 is 2.04 bits per heavy atom. The monoisotopic (exact) mass is 355 g/mol. The van der Waals surface area contributed by atoms with Crippen LogP contribution in [0.5, 0.6) is 17.2 Å². The van der Waals surface area contributed by atoms with Gasteiger partial charge in [-0.2, -0.15) is 0 Å². The fraction of sp³-hybridized carbons (Fsp3) is 0.0455. The molecule has 0 radical (unpaired) electrons. The van der Waals surface area contributed by atoms with Crippen molar-refractivity contribution < 1.29 is 9.47 Å². The van der Waals surface area contributed by atoms with Crippen LogP contribution in [0, 0.1) is 0 Å². The van der Waals surface area contributed by atoms with Crippen LogP contribution in [0.25, 0.3) is 22.5 Å². The fourth-order valence-electron chi connectivity index (χ4n) is 2.63. The Kier molecular flexibility index (Phi) is 4.74. The third-order valence-corrected chi connectivity index (χ3v) is 4.01. The number of pyridine rings is 1. The van der Waals surface area contributed by atoms with Gasteiger partial charge in [0.15, 0.2) is 0 Å². The van der Waals surface area contributed by atoms with Crippen molar-refractivity contribution in [2.75, 3.05) is 7.11 Å². The molecule has 0 aliphatic carbocycles. The van der Waals surface area contributed by atoms with Gasteiger partial charge in [-0.1, -0.05) is 18.2 Å². The first-order valence-corrected chi connectivity index (χ1v) is 8.46. The number of hydrogen-bond donors (Lipinski definition) is 0. The number of ether oxygens (including phenoxy) is 2. The molecule has 0 fully saturated rings. The highest BCUT2D eigenvalue weighted by Crippen LogP contribution is 2.26. The van der Waals surface area contributed by atoms with Crippen molar-refractivity contribution in [2.45, 2.75) is 0 Å². The highest BCUT2D eigenvalue weighted by molar-refractivity contribution is 5.65. The van der Waals surface area contributed by atoms with Gasteiger partial charge in [0, 0.05) is 17.3 Å². The van der Waals surface area contributed by atoms with Crippen LogP contribution in [0.1, 0.15) is 0 Å². The summed E-state index contributed by atoms with van der Waals surface area (Å²) >= 11 is 0. The molecule has 4 rings (SSSR count). The van der Waals surface area contributed by atoms with E-state index in [1.807, 2.05) is 60.7 Å². The van der Waals surface area contributed by atoms with Gasteiger partial charge in [0.1, 0.15) is 17.2 Å². The van der Waals surface area contributed by atoms with Gasteiger partial charge >= 0.3 is 0 Å². The molecule has 0 bridgehead atoms. The molecule has 0 aliphatic rings. The molecule has 0 saturated carbocycles. The molecule has 4 aromatic rings. The fourth-order valence-corrected chi connectivity index (χ4v) is 2.63. The summed E-state index contributed by atoms with van der Waals surface area (Å²) < 4.78 is 11.1. The molecule has 0 amide bonds. The predicted molar refractivity (Wildman–Crippen MR) is 104 cm³/mol. The van der Waals surface area contributed by atoms with Gasteiger partial charge < -0.3 is 9.47 Å². The minimum absolute atomic E-state index is 0.683. The molecule has 0 aliphatic heterocycles. The Balaban J connectivity index is 1.58. The maximum atomic E-state index is 5.83. The highest BCUT2D eigenvalue weighted by Gasteiger charge is 2.07. The van der Waals surface area contributed by atoms with Crippen LogP contribution in [0.3, 0.4) is 0 Å². The Hall–Kier alpha value is -3.73. The van der Waals surface area contributed by atoms with Gasteiger partial charge in [-0.05, 0) is 42.5 Å². The van der Waals surface area contributed by atoms with Gasteiger partial charge in [-0.15, -0.1) is 0 Å². The molecule has 2 heterocycles. The SMILES string of the molecule is COc1cncc(-c2cncc(-c3ccc(Oc4ccccc4)cc3)n2)c1. The van der Waals surface area contributed by atoms with Gasteiger partial charge in [-0.25, -0.2) is 4.98 Å². The number of rotatable bonds is 5. The number of methoxy groups -OCH3 is 1. The van der Waals surface area contributed by atoms with E-state index in [9.17, 15) is 0 Å². The average Bonchev–Trinajstić information content (AvgIpc) is 2.75. The number of hydrogen-bond acceptors (Lipinski definition) is 5. The van der Waals surface area contributed by atoms with Crippen LogP contribution in [0.15, 0.2) is 85.5 Å². The zero-order chi connectivity index (χ0) is 18.5. The Bertz CT molecular complexity index is 1030. The maximum Gasteiger partial charge on any atom is 0.137 e. The molecule has 0 N–H and O–H groups in total. The lowest BCUT2D eigenvalue weighted by molar-refractivity contribution is 0.413. The summed E-state index contributed by atoms with van der Waals surface area (Å²) in [5, 5.41) is 0. The molecule has 27 heavy (non-hydrogen) atoms. The number of para-hydroxylation sites is 1. The van der Waals surface area contributed by atoms with Crippen molar-refractivity contribution in [3.05, 3.63) is 85.5 Å². The molecular formula is C22H17N3O2. The number of benzene rings is 2. The van der Waals surface area contributed by atoms with E-state index < -0.39 is 0 Å². The minimum atomic E-state index is 0.683. The van der Waals surface area contributed by atoms with E-state index in [4.69, 9.17) is 14.5 Å². The van der Waals surface area contributed by atoms with Crippen LogP contribution in [0.4, 0.5) is 0 Å². The summed E-state index contributed by atoms with van der Waals surface area (Å²) in [4.78, 5) is 13.2. The first-order valence-electron chi connectivity index (χ1n) is 8.46. The van der Waals surface area contributed by atoms with Crippen LogP contribution in [0.2, 0.25) is 0 Å². The smallest absolute Gasteiger partial charge is 0.137 e. The van der Waals surface area contributed by atoms with E-state index in [2.05, 4.69) is 9.97 Å². The number of nitrogens with zero attached hydrogens (tertiary/aromatic N) is 3. The second-order valence-corrected chi connectivity index (χ2v) is 5.84. The summed E-state index contributed by atoms with van der Waals surface area (Å²) in [6.45, 7) is 0. The Morgan fingerprint density at radius 1 is 0.630 bits per heavy atom. The second-order valence-electron chi connectivity index (χ2n) is 5.84. The van der Waals surface area contributed by atoms with Crippen LogP contribution in [-0.2, 0) is 0 Å². The molecule has 5 nitrogen and oxygen atoms in total. The van der Waals surface area contributed by atoms with E-state index in [0.29, 0.717) is 5.75 Å². The summed E-state index contributed by atoms with van der Waals surface area (Å²) in [5.74, 6) is 2.26. The van der Waals surface area contributed by atoms with Crippen molar-refractivity contribution in [1.82, 2.24) is 15.0 Å². The Labute approximate surface area is 157 Å². The molecular weight excluding hydrogens is 338 g/mol. The lowest BCUT2D eigenvalue weighted by Gasteiger charge is -2.08. The molecule has 2 aromatic heterocycles. The zero-order valence-corrected chi connectivity index (χ0v) is 14.7. The second kappa shape index (κ2) is 7.66. The average molecular weight is 355 g/mol. The summed E-state index contributed by atoms with van der Waals surface area (Å²) in [6.07, 6.45) is 6.86. The van der Waals surface area contributed by atoms with E-state index in [-0.39, 0.29) is 0 Å². The van der Waals surface area contributed by atoms with Crippen molar-refractivity contribution in [3.8, 4) is 39.8 Å². The largest absolute Gasteiger partial charge is 0.495 e. The molecule has 5 heteroatoms. The summed E-state index contributed by atoms with van der Waals surface area (Å²) in [7, 11) is 1.61. The maximum absolute atomic E-state index is 5.83. The van der Waals surface area contributed by atoms with E-state index in [1.165, 1.54) is 0 Å². The summed E-state index contributed by atoms with van der Waals surface area (Å²) in [5.41, 5.74) is 3.33. The van der Waals surface area contributed by atoms with E-state index in [0.717, 1.165) is 34.0 Å². The third-order valence-electron chi connectivity index (χ3n) is 4.01. The van der Waals surface area contributed by atoms with Crippen LogP contribution < -0.4 is 9.47 Å². The molecule has 2 aromatic carbocycles. The van der Waals surface area contributed by atoms with Gasteiger partial charge in [0.25, 0.3) is 0 Å². The van der Waals surface area contributed by atoms with Gasteiger partial charge in [-0.3, -0.25) is 9.97 Å². The molecule has 0 unspecified atom stereocenters. The predicted octanol–water partition coefficient (Wildman–Crippen LogP) is 5.01. The van der Waals surface area contributed by atoms with E-state index in [1.54, 1.807) is 31.9 Å². The molecule has 0 atom stereocenters. The lowest BCUT2D eigenvalue weighted by atomic mass is 10.1. The van der Waals surface area contributed by atoms with Crippen molar-refractivity contribution in [1.29, 1.82) is 0 Å². The lowest BCUT2D eigenvalue weighted by Crippen LogP contribution is -1.92. The van der Waals surface area contributed by atoms with Gasteiger partial charge in [0.05, 0.1) is 37.1 Å². The molecule has 0 spiro atoms. The van der Waals surface area contributed by atoms with Crippen LogP contribution in [-0.4, -0.2) is 22.1 Å². The quantitative estimate of drug-likeness (QED) is 0.504. The normalized spacial score (nSPS) is 10.4. The van der Waals surface area contributed by atoms with Crippen molar-refractivity contribution >= 4 is 0 Å². The highest BCUT2D eigenvalue weighted by atomic mass is 16.5. The summed E-state index contributed by atoms with van der Waals surface area (Å²) in [6, 6.07) is 19.4. The first-order chi connectivity index (χ1) is 13.3. The first kappa shape index (κ1) is 16.7. The topological polar surface area (TPSA) is 57.1 Å². The van der Waals surface area contributed by atoms with Crippen molar-refractivity contribution in [2.24, 2.45) is 0 Å². The number of aromatic nitrogens is 3. The zero-order valence-electron chi connectivity index (χ0n) is 14.7. The van der Waals surface area contributed by atoms with Crippen molar-refractivity contribution in [3.63, 3.8) is 0 Å². The van der Waals surface area contributed by atoms with Gasteiger partial charge in [0.2, 0.25) is 0 Å². The standard InChI is InChI=1S/C22H17N3O2/c1-26-20-11-17(12-23-13-20)22-15-24-14-21(25-22)16-7-9-19(10-8-16)27-18-5-3-2-4-6-18/h2-15H,1H3. The minimum Gasteiger partial charge on any atom is -0.495 e. The third kappa shape index (κ3) is 3.93. The van der Waals surface area contributed by atoms with Crippen LogP contribution >= 0.6 is 0 Å². The molecule has 132 valence electrons.